The fourth-order valence-electron chi connectivity index (χ4n) is 5.05. The Kier molecular flexibility index (Phi) is 7.84. The molecule has 0 spiro atoms. The number of amides is 2. The van der Waals surface area contributed by atoms with Crippen LogP contribution in [-0.4, -0.2) is 60.9 Å². The second-order valence-electron chi connectivity index (χ2n) is 11.3. The summed E-state index contributed by atoms with van der Waals surface area (Å²) in [6.07, 6.45) is 4.33. The van der Waals surface area contributed by atoms with Crippen molar-refractivity contribution in [1.29, 1.82) is 0 Å². The molecule has 0 bridgehead atoms. The molecule has 0 aromatic heterocycles. The van der Waals surface area contributed by atoms with Crippen LogP contribution in [0.25, 0.3) is 6.08 Å². The Morgan fingerprint density at radius 2 is 1.69 bits per heavy atom. The summed E-state index contributed by atoms with van der Waals surface area (Å²) < 4.78 is 5.71. The van der Waals surface area contributed by atoms with Gasteiger partial charge in [-0.25, -0.2) is 0 Å². The summed E-state index contributed by atoms with van der Waals surface area (Å²) in [5.41, 5.74) is 4.66. The van der Waals surface area contributed by atoms with E-state index in [2.05, 4.69) is 62.1 Å². The summed E-state index contributed by atoms with van der Waals surface area (Å²) in [5, 5.41) is 0. The van der Waals surface area contributed by atoms with E-state index in [9.17, 15) is 9.59 Å². The molecule has 3 aromatic rings. The van der Waals surface area contributed by atoms with Crippen molar-refractivity contribution in [3.8, 4) is 5.75 Å². The highest BCUT2D eigenvalue weighted by Gasteiger charge is 2.28. The number of hydrogen-bond acceptors (Lipinski definition) is 4. The van der Waals surface area contributed by atoms with Gasteiger partial charge in [0.2, 0.25) is 0 Å². The smallest absolute Gasteiger partial charge is 0.265 e. The molecule has 2 amide bonds. The van der Waals surface area contributed by atoms with E-state index < -0.39 is 0 Å². The van der Waals surface area contributed by atoms with E-state index in [0.29, 0.717) is 30.9 Å². The molecule has 1 fully saturated rings. The minimum Gasteiger partial charge on any atom is -0.482 e. The molecule has 1 saturated heterocycles. The van der Waals surface area contributed by atoms with Gasteiger partial charge in [0.15, 0.2) is 6.61 Å². The molecule has 6 nitrogen and oxygen atoms in total. The zero-order valence-electron chi connectivity index (χ0n) is 23.1. The molecule has 2 heterocycles. The summed E-state index contributed by atoms with van der Waals surface area (Å²) in [6.45, 7) is 10.8. The minimum absolute atomic E-state index is 0.0191. The lowest BCUT2D eigenvalue weighted by molar-refractivity contribution is -0.121. The van der Waals surface area contributed by atoms with Gasteiger partial charge in [0, 0.05) is 38.3 Å². The fourth-order valence-corrected chi connectivity index (χ4v) is 5.05. The third-order valence-electron chi connectivity index (χ3n) is 7.42. The van der Waals surface area contributed by atoms with Crippen LogP contribution in [0, 0.1) is 0 Å². The number of carbonyl (C=O) groups excluding carboxylic acids is 2. The van der Waals surface area contributed by atoms with E-state index in [0.717, 1.165) is 36.4 Å². The molecule has 202 valence electrons. The molecule has 0 unspecified atom stereocenters. The molecule has 0 aliphatic carbocycles. The Labute approximate surface area is 231 Å². The van der Waals surface area contributed by atoms with Crippen molar-refractivity contribution < 1.29 is 14.3 Å². The average molecular weight is 524 g/mol. The first-order valence-electron chi connectivity index (χ1n) is 13.7. The van der Waals surface area contributed by atoms with Crippen LogP contribution in [0.15, 0.2) is 78.9 Å². The average Bonchev–Trinajstić information content (AvgIpc) is 2.94. The van der Waals surface area contributed by atoms with Crippen LogP contribution >= 0.6 is 0 Å². The molecular weight excluding hydrogens is 486 g/mol. The van der Waals surface area contributed by atoms with Crippen molar-refractivity contribution in [2.75, 3.05) is 44.2 Å². The number of ether oxygens (including phenoxy) is 1. The summed E-state index contributed by atoms with van der Waals surface area (Å²) in [7, 11) is 0. The van der Waals surface area contributed by atoms with Crippen molar-refractivity contribution in [3.05, 3.63) is 101 Å². The van der Waals surface area contributed by atoms with Crippen LogP contribution in [0.4, 0.5) is 5.69 Å². The predicted octanol–water partition coefficient (Wildman–Crippen LogP) is 5.38. The van der Waals surface area contributed by atoms with Gasteiger partial charge in [-0.2, -0.15) is 0 Å². The van der Waals surface area contributed by atoms with Crippen LogP contribution in [0.5, 0.6) is 5.75 Å². The topological polar surface area (TPSA) is 53.1 Å². The standard InChI is InChI=1S/C33H37N3O3/c1-33(2,3)28-14-15-30-29(22-28)36(31(37)24-39-30)23-26-11-7-13-27(21-26)32(38)35-19-17-34(18-20-35)16-8-12-25-9-5-4-6-10-25/h4-15,21-22H,16-20,23-24H2,1-3H3/b12-8+. The quantitative estimate of drug-likeness (QED) is 0.435. The van der Waals surface area contributed by atoms with E-state index in [1.807, 2.05) is 53.4 Å². The number of nitrogens with zero attached hydrogens (tertiary/aromatic N) is 3. The van der Waals surface area contributed by atoms with Gasteiger partial charge < -0.3 is 14.5 Å². The van der Waals surface area contributed by atoms with E-state index >= 15 is 0 Å². The molecule has 0 N–H and O–H groups in total. The van der Waals surface area contributed by atoms with Gasteiger partial charge in [-0.05, 0) is 46.4 Å². The van der Waals surface area contributed by atoms with E-state index in [-0.39, 0.29) is 23.8 Å². The largest absolute Gasteiger partial charge is 0.482 e. The van der Waals surface area contributed by atoms with Crippen molar-refractivity contribution in [2.24, 2.45) is 0 Å². The zero-order chi connectivity index (χ0) is 27.4. The normalized spacial score (nSPS) is 16.3. The lowest BCUT2D eigenvalue weighted by Gasteiger charge is -2.34. The number of fused-ring (bicyclic) bond motifs is 1. The second kappa shape index (κ2) is 11.5. The molecule has 0 saturated carbocycles. The predicted molar refractivity (Wildman–Crippen MR) is 156 cm³/mol. The van der Waals surface area contributed by atoms with Crippen molar-refractivity contribution in [3.63, 3.8) is 0 Å². The first-order valence-corrected chi connectivity index (χ1v) is 13.7. The number of piperazine rings is 1. The first kappa shape index (κ1) is 26.7. The van der Waals surface area contributed by atoms with Crippen molar-refractivity contribution >= 4 is 23.6 Å². The number of rotatable bonds is 6. The molecule has 5 rings (SSSR count). The van der Waals surface area contributed by atoms with Gasteiger partial charge in [-0.1, -0.05) is 81.5 Å². The maximum atomic E-state index is 13.4. The summed E-state index contributed by atoms with van der Waals surface area (Å²) in [5.74, 6) is 0.675. The number of benzene rings is 3. The van der Waals surface area contributed by atoms with E-state index in [1.165, 1.54) is 5.56 Å². The van der Waals surface area contributed by atoms with Crippen LogP contribution in [0.3, 0.4) is 0 Å². The summed E-state index contributed by atoms with van der Waals surface area (Å²) in [6, 6.07) is 24.0. The first-order chi connectivity index (χ1) is 18.8. The van der Waals surface area contributed by atoms with Crippen LogP contribution in [0.1, 0.15) is 47.8 Å². The number of carbonyl (C=O) groups is 2. The van der Waals surface area contributed by atoms with Gasteiger partial charge in [0.25, 0.3) is 11.8 Å². The molecule has 39 heavy (non-hydrogen) atoms. The molecule has 0 radical (unpaired) electrons. The van der Waals surface area contributed by atoms with E-state index in [4.69, 9.17) is 4.74 Å². The van der Waals surface area contributed by atoms with Crippen LogP contribution < -0.4 is 9.64 Å². The number of anilines is 1. The Hall–Kier alpha value is -3.90. The highest BCUT2D eigenvalue weighted by Crippen LogP contribution is 2.37. The highest BCUT2D eigenvalue weighted by molar-refractivity contribution is 5.98. The SMILES string of the molecule is CC(C)(C)c1ccc2c(c1)N(Cc1cccc(C(=O)N3CCN(C/C=C/c4ccccc4)CC3)c1)C(=O)CO2. The lowest BCUT2D eigenvalue weighted by atomic mass is 9.86. The van der Waals surface area contributed by atoms with Gasteiger partial charge in [0.05, 0.1) is 12.2 Å². The molecule has 6 heteroatoms. The van der Waals surface area contributed by atoms with Gasteiger partial charge in [-0.3, -0.25) is 14.5 Å². The number of hydrogen-bond donors (Lipinski definition) is 0. The van der Waals surface area contributed by atoms with Crippen LogP contribution in [-0.2, 0) is 16.8 Å². The van der Waals surface area contributed by atoms with Gasteiger partial charge in [-0.15, -0.1) is 0 Å². The highest BCUT2D eigenvalue weighted by atomic mass is 16.5. The Bertz CT molecular complexity index is 1350. The molecule has 2 aliphatic heterocycles. The lowest BCUT2D eigenvalue weighted by Crippen LogP contribution is -2.48. The fraction of sp³-hybridized carbons (Fsp3) is 0.333. The Balaban J connectivity index is 1.22. The third-order valence-corrected chi connectivity index (χ3v) is 7.42. The van der Waals surface area contributed by atoms with Gasteiger partial charge >= 0.3 is 0 Å². The molecular formula is C33H37N3O3. The molecule has 0 atom stereocenters. The maximum absolute atomic E-state index is 13.4. The monoisotopic (exact) mass is 523 g/mol. The Morgan fingerprint density at radius 1 is 0.923 bits per heavy atom. The van der Waals surface area contributed by atoms with E-state index in [1.54, 1.807) is 4.90 Å². The van der Waals surface area contributed by atoms with Crippen LogP contribution in [0.2, 0.25) is 0 Å². The van der Waals surface area contributed by atoms with Crippen molar-refractivity contribution in [1.82, 2.24) is 9.80 Å². The van der Waals surface area contributed by atoms with Gasteiger partial charge in [0.1, 0.15) is 5.75 Å². The molecule has 2 aliphatic rings. The zero-order valence-corrected chi connectivity index (χ0v) is 23.1. The summed E-state index contributed by atoms with van der Waals surface area (Å²) >= 11 is 0. The second-order valence-corrected chi connectivity index (χ2v) is 11.3. The molecule has 3 aromatic carbocycles. The Morgan fingerprint density at radius 3 is 2.44 bits per heavy atom. The van der Waals surface area contributed by atoms with Crippen molar-refractivity contribution in [2.45, 2.75) is 32.7 Å². The third kappa shape index (κ3) is 6.40. The maximum Gasteiger partial charge on any atom is 0.265 e. The minimum atomic E-state index is -0.0808. The summed E-state index contributed by atoms with van der Waals surface area (Å²) in [4.78, 5) is 32.3.